The first-order valence-corrected chi connectivity index (χ1v) is 8.85. The number of hydrogen-bond acceptors (Lipinski definition) is 5. The van der Waals surface area contributed by atoms with Crippen molar-refractivity contribution in [1.29, 1.82) is 0 Å². The summed E-state index contributed by atoms with van der Waals surface area (Å²) in [5, 5.41) is 9.97. The smallest absolute Gasteiger partial charge is 0.311 e. The predicted octanol–water partition coefficient (Wildman–Crippen LogP) is 1.08. The van der Waals surface area contributed by atoms with Crippen molar-refractivity contribution in [3.63, 3.8) is 0 Å². The molecule has 3 rings (SSSR count). The molecule has 0 bridgehead atoms. The van der Waals surface area contributed by atoms with Crippen LogP contribution in [0.4, 0.5) is 0 Å². The van der Waals surface area contributed by atoms with E-state index in [1.54, 1.807) is 17.0 Å². The van der Waals surface area contributed by atoms with Gasteiger partial charge < -0.3 is 24.2 Å². The van der Waals surface area contributed by atoms with E-state index in [2.05, 4.69) is 9.80 Å². The normalized spacial score (nSPS) is 27.3. The summed E-state index contributed by atoms with van der Waals surface area (Å²) < 4.78 is 5.24. The van der Waals surface area contributed by atoms with Crippen LogP contribution in [0.3, 0.4) is 0 Å². The van der Waals surface area contributed by atoms with Gasteiger partial charge in [0.15, 0.2) is 5.76 Å². The van der Waals surface area contributed by atoms with Gasteiger partial charge in [-0.15, -0.1) is 0 Å². The SMILES string of the molecule is CN(C)CCN1C[C@@H]2CN(C(=O)c3ccco3)CCC[C@]2(C(=O)O)C1. The molecule has 1 aromatic heterocycles. The fourth-order valence-corrected chi connectivity index (χ4v) is 4.14. The first kappa shape index (κ1) is 17.9. The maximum absolute atomic E-state index is 12.6. The summed E-state index contributed by atoms with van der Waals surface area (Å²) in [6.07, 6.45) is 2.81. The van der Waals surface area contributed by atoms with Gasteiger partial charge in [0.25, 0.3) is 5.91 Å². The van der Waals surface area contributed by atoms with Crippen molar-refractivity contribution in [3.05, 3.63) is 24.2 Å². The molecule has 0 saturated carbocycles. The van der Waals surface area contributed by atoms with E-state index >= 15 is 0 Å². The van der Waals surface area contributed by atoms with Crippen molar-refractivity contribution in [1.82, 2.24) is 14.7 Å². The van der Waals surface area contributed by atoms with Crippen LogP contribution in [0.1, 0.15) is 23.4 Å². The van der Waals surface area contributed by atoms with Crippen LogP contribution in [0, 0.1) is 11.3 Å². The monoisotopic (exact) mass is 349 g/mol. The summed E-state index contributed by atoms with van der Waals surface area (Å²) >= 11 is 0. The lowest BCUT2D eigenvalue weighted by Gasteiger charge is -2.29. The highest BCUT2D eigenvalue weighted by Gasteiger charge is 2.53. The van der Waals surface area contributed by atoms with Gasteiger partial charge in [-0.1, -0.05) is 0 Å². The van der Waals surface area contributed by atoms with E-state index in [0.29, 0.717) is 38.2 Å². The lowest BCUT2D eigenvalue weighted by Crippen LogP contribution is -2.42. The van der Waals surface area contributed by atoms with E-state index < -0.39 is 11.4 Å². The van der Waals surface area contributed by atoms with E-state index in [-0.39, 0.29) is 11.8 Å². The molecule has 2 saturated heterocycles. The molecule has 2 aliphatic rings. The van der Waals surface area contributed by atoms with Gasteiger partial charge in [0, 0.05) is 45.2 Å². The van der Waals surface area contributed by atoms with Crippen LogP contribution in [0.15, 0.2) is 22.8 Å². The number of carboxylic acid groups (broad SMARTS) is 1. The zero-order chi connectivity index (χ0) is 18.0. The van der Waals surface area contributed by atoms with Gasteiger partial charge in [0.05, 0.1) is 11.7 Å². The molecular weight excluding hydrogens is 322 g/mol. The van der Waals surface area contributed by atoms with Gasteiger partial charge in [-0.3, -0.25) is 9.59 Å². The van der Waals surface area contributed by atoms with Crippen LogP contribution < -0.4 is 0 Å². The van der Waals surface area contributed by atoms with Crippen molar-refractivity contribution in [2.75, 3.05) is 53.4 Å². The molecule has 7 heteroatoms. The number of nitrogens with zero attached hydrogens (tertiary/aromatic N) is 3. The van der Waals surface area contributed by atoms with Gasteiger partial charge in [-0.05, 0) is 39.1 Å². The van der Waals surface area contributed by atoms with Crippen LogP contribution >= 0.6 is 0 Å². The van der Waals surface area contributed by atoms with Crippen molar-refractivity contribution in [2.24, 2.45) is 11.3 Å². The minimum atomic E-state index is -0.746. The Labute approximate surface area is 148 Å². The number of carbonyl (C=O) groups is 2. The average Bonchev–Trinajstić information content (AvgIpc) is 3.17. The van der Waals surface area contributed by atoms with Gasteiger partial charge in [0.1, 0.15) is 0 Å². The number of aliphatic carboxylic acids is 1. The second-order valence-electron chi connectivity index (χ2n) is 7.53. The maximum Gasteiger partial charge on any atom is 0.311 e. The largest absolute Gasteiger partial charge is 0.481 e. The van der Waals surface area contributed by atoms with Crippen LogP contribution in [-0.4, -0.2) is 85.0 Å². The minimum Gasteiger partial charge on any atom is -0.481 e. The Balaban J connectivity index is 1.76. The molecule has 0 aromatic carbocycles. The molecule has 2 aliphatic heterocycles. The van der Waals surface area contributed by atoms with E-state index in [9.17, 15) is 14.7 Å². The van der Waals surface area contributed by atoms with Crippen LogP contribution in [0.5, 0.6) is 0 Å². The summed E-state index contributed by atoms with van der Waals surface area (Å²) in [5.41, 5.74) is -0.746. The third kappa shape index (κ3) is 3.57. The molecule has 7 nitrogen and oxygen atoms in total. The topological polar surface area (TPSA) is 77.2 Å². The molecule has 0 spiro atoms. The number of carboxylic acids is 1. The van der Waals surface area contributed by atoms with Gasteiger partial charge in [-0.2, -0.15) is 0 Å². The van der Waals surface area contributed by atoms with Crippen molar-refractivity contribution in [2.45, 2.75) is 12.8 Å². The lowest BCUT2D eigenvalue weighted by molar-refractivity contribution is -0.150. The number of likely N-dealkylation sites (N-methyl/N-ethyl adjacent to an activating group) is 1. The molecule has 138 valence electrons. The third-order valence-corrected chi connectivity index (χ3v) is 5.57. The van der Waals surface area contributed by atoms with Crippen LogP contribution in [-0.2, 0) is 4.79 Å². The van der Waals surface area contributed by atoms with Crippen molar-refractivity contribution >= 4 is 11.9 Å². The van der Waals surface area contributed by atoms with Gasteiger partial charge >= 0.3 is 5.97 Å². The number of rotatable bonds is 5. The summed E-state index contributed by atoms with van der Waals surface area (Å²) in [6, 6.07) is 3.36. The Morgan fingerprint density at radius 2 is 2.20 bits per heavy atom. The quantitative estimate of drug-likeness (QED) is 0.857. The minimum absolute atomic E-state index is 0.0476. The van der Waals surface area contributed by atoms with Crippen molar-refractivity contribution < 1.29 is 19.1 Å². The highest BCUT2D eigenvalue weighted by molar-refractivity contribution is 5.91. The summed E-state index contributed by atoms with van der Waals surface area (Å²) in [6.45, 7) is 4.11. The number of fused-ring (bicyclic) bond motifs is 1. The summed E-state index contributed by atoms with van der Waals surface area (Å²) in [5.74, 6) is -0.589. The molecule has 1 aromatic rings. The van der Waals surface area contributed by atoms with E-state index in [0.717, 1.165) is 19.6 Å². The second-order valence-corrected chi connectivity index (χ2v) is 7.53. The Morgan fingerprint density at radius 3 is 2.84 bits per heavy atom. The highest BCUT2D eigenvalue weighted by Crippen LogP contribution is 2.43. The van der Waals surface area contributed by atoms with E-state index in [1.807, 2.05) is 14.1 Å². The molecule has 25 heavy (non-hydrogen) atoms. The summed E-state index contributed by atoms with van der Waals surface area (Å²) in [7, 11) is 4.04. The predicted molar refractivity (Wildman–Crippen MR) is 92.4 cm³/mol. The Hall–Kier alpha value is -1.86. The Kier molecular flexibility index (Phi) is 5.15. The third-order valence-electron chi connectivity index (χ3n) is 5.57. The molecule has 2 fully saturated rings. The number of carbonyl (C=O) groups excluding carboxylic acids is 1. The molecular formula is C18H27N3O4. The Morgan fingerprint density at radius 1 is 1.40 bits per heavy atom. The molecule has 3 heterocycles. The zero-order valence-corrected chi connectivity index (χ0v) is 15.0. The fourth-order valence-electron chi connectivity index (χ4n) is 4.14. The molecule has 2 atom stereocenters. The van der Waals surface area contributed by atoms with Gasteiger partial charge in [-0.25, -0.2) is 0 Å². The molecule has 0 unspecified atom stereocenters. The second kappa shape index (κ2) is 7.17. The average molecular weight is 349 g/mol. The standard InChI is InChI=1S/C18H27N3O4/c1-19(2)8-9-20-11-14-12-21(16(22)15-5-3-10-25-15)7-4-6-18(14,13-20)17(23)24/h3,5,10,14H,4,6-9,11-13H2,1-2H3,(H,23,24)/t14-,18+/m1/s1. The first-order chi connectivity index (χ1) is 11.9. The number of hydrogen-bond donors (Lipinski definition) is 1. The van der Waals surface area contributed by atoms with E-state index in [1.165, 1.54) is 6.26 Å². The highest BCUT2D eigenvalue weighted by atomic mass is 16.4. The molecule has 0 radical (unpaired) electrons. The zero-order valence-electron chi connectivity index (χ0n) is 15.0. The van der Waals surface area contributed by atoms with Gasteiger partial charge in [0.2, 0.25) is 0 Å². The molecule has 1 N–H and O–H groups in total. The molecule has 1 amide bonds. The summed E-state index contributed by atoms with van der Waals surface area (Å²) in [4.78, 5) is 30.9. The number of amides is 1. The van der Waals surface area contributed by atoms with Crippen molar-refractivity contribution in [3.8, 4) is 0 Å². The lowest BCUT2D eigenvalue weighted by atomic mass is 9.75. The van der Waals surface area contributed by atoms with Crippen LogP contribution in [0.2, 0.25) is 0 Å². The number of furan rings is 1. The molecule has 0 aliphatic carbocycles. The maximum atomic E-state index is 12.6. The van der Waals surface area contributed by atoms with E-state index in [4.69, 9.17) is 4.42 Å². The van der Waals surface area contributed by atoms with Crippen LogP contribution in [0.25, 0.3) is 0 Å². The fraction of sp³-hybridized carbons (Fsp3) is 0.667. The first-order valence-electron chi connectivity index (χ1n) is 8.85. The number of likely N-dealkylation sites (tertiary alicyclic amines) is 2. The Bertz CT molecular complexity index is 616.